The standard InChI is InChI=1S/C12H11Cl2N3O/c13-8-4-7(5-9(14)6-8)11-16-12(18-17-11)10-2-1-3-15-10/h4-6,10,15H,1-3H2. The molecule has 1 saturated heterocycles. The van der Waals surface area contributed by atoms with Crippen molar-refractivity contribution in [2.75, 3.05) is 6.54 Å². The average molecular weight is 284 g/mol. The van der Waals surface area contributed by atoms with E-state index in [2.05, 4.69) is 15.5 Å². The zero-order chi connectivity index (χ0) is 12.5. The minimum atomic E-state index is 0.168. The van der Waals surface area contributed by atoms with Crippen LogP contribution in [0.4, 0.5) is 0 Å². The lowest BCUT2D eigenvalue weighted by Crippen LogP contribution is -2.12. The fraction of sp³-hybridized carbons (Fsp3) is 0.333. The Balaban J connectivity index is 1.92. The molecule has 1 aliphatic heterocycles. The number of hydrogen-bond acceptors (Lipinski definition) is 4. The van der Waals surface area contributed by atoms with Gasteiger partial charge in [-0.15, -0.1) is 0 Å². The molecule has 1 fully saturated rings. The first-order valence-corrected chi connectivity index (χ1v) is 6.51. The van der Waals surface area contributed by atoms with Crippen molar-refractivity contribution in [3.05, 3.63) is 34.1 Å². The fourth-order valence-corrected chi connectivity index (χ4v) is 2.60. The molecule has 94 valence electrons. The molecule has 0 aliphatic carbocycles. The normalized spacial score (nSPS) is 19.3. The maximum absolute atomic E-state index is 5.95. The summed E-state index contributed by atoms with van der Waals surface area (Å²) in [6.07, 6.45) is 2.16. The highest BCUT2D eigenvalue weighted by Crippen LogP contribution is 2.27. The molecule has 6 heteroatoms. The van der Waals surface area contributed by atoms with Crippen LogP contribution >= 0.6 is 23.2 Å². The Hall–Kier alpha value is -1.10. The molecule has 0 radical (unpaired) electrons. The smallest absolute Gasteiger partial charge is 0.244 e. The Morgan fingerprint density at radius 3 is 2.67 bits per heavy atom. The quantitative estimate of drug-likeness (QED) is 0.917. The second-order valence-corrected chi connectivity index (χ2v) is 5.14. The van der Waals surface area contributed by atoms with Crippen LogP contribution in [0.25, 0.3) is 11.4 Å². The number of aromatic nitrogens is 2. The Morgan fingerprint density at radius 2 is 2.00 bits per heavy atom. The van der Waals surface area contributed by atoms with Gasteiger partial charge in [-0.3, -0.25) is 0 Å². The first-order valence-electron chi connectivity index (χ1n) is 5.76. The van der Waals surface area contributed by atoms with Crippen LogP contribution in [0.1, 0.15) is 24.8 Å². The number of rotatable bonds is 2. The minimum Gasteiger partial charge on any atom is -0.337 e. The van der Waals surface area contributed by atoms with Gasteiger partial charge in [0.2, 0.25) is 11.7 Å². The number of halogens is 2. The second-order valence-electron chi connectivity index (χ2n) is 4.26. The number of hydrogen-bond donors (Lipinski definition) is 1. The Labute approximate surface area is 114 Å². The fourth-order valence-electron chi connectivity index (χ4n) is 2.07. The lowest BCUT2D eigenvalue weighted by atomic mass is 10.2. The third-order valence-electron chi connectivity index (χ3n) is 2.92. The van der Waals surface area contributed by atoms with Gasteiger partial charge in [-0.05, 0) is 37.6 Å². The van der Waals surface area contributed by atoms with Crippen molar-refractivity contribution in [2.45, 2.75) is 18.9 Å². The van der Waals surface area contributed by atoms with Crippen LogP contribution in [0.5, 0.6) is 0 Å². The van der Waals surface area contributed by atoms with Crippen LogP contribution < -0.4 is 5.32 Å². The van der Waals surface area contributed by atoms with Gasteiger partial charge < -0.3 is 9.84 Å². The monoisotopic (exact) mass is 283 g/mol. The molecule has 2 aromatic rings. The van der Waals surface area contributed by atoms with Crippen molar-refractivity contribution in [2.24, 2.45) is 0 Å². The molecule has 18 heavy (non-hydrogen) atoms. The van der Waals surface area contributed by atoms with Crippen molar-refractivity contribution >= 4 is 23.2 Å². The van der Waals surface area contributed by atoms with Crippen molar-refractivity contribution in [1.82, 2.24) is 15.5 Å². The maximum atomic E-state index is 5.95. The molecule has 1 aromatic carbocycles. The topological polar surface area (TPSA) is 51.0 Å². The summed E-state index contributed by atoms with van der Waals surface area (Å²) in [5.41, 5.74) is 0.764. The van der Waals surface area contributed by atoms with Crippen LogP contribution in [0, 0.1) is 0 Å². The van der Waals surface area contributed by atoms with E-state index in [-0.39, 0.29) is 6.04 Å². The summed E-state index contributed by atoms with van der Waals surface area (Å²) in [5.74, 6) is 1.14. The first kappa shape index (κ1) is 12.0. The van der Waals surface area contributed by atoms with E-state index in [0.717, 1.165) is 24.9 Å². The first-order chi connectivity index (χ1) is 8.72. The van der Waals surface area contributed by atoms with E-state index in [1.807, 2.05) is 0 Å². The largest absolute Gasteiger partial charge is 0.337 e. The number of nitrogens with one attached hydrogen (secondary N) is 1. The van der Waals surface area contributed by atoms with Gasteiger partial charge in [0.1, 0.15) is 0 Å². The molecule has 1 atom stereocenters. The van der Waals surface area contributed by atoms with E-state index < -0.39 is 0 Å². The van der Waals surface area contributed by atoms with Crippen LogP contribution in [0.2, 0.25) is 10.0 Å². The molecule has 0 saturated carbocycles. The molecular weight excluding hydrogens is 273 g/mol. The van der Waals surface area contributed by atoms with Crippen molar-refractivity contribution in [3.63, 3.8) is 0 Å². The zero-order valence-corrected chi connectivity index (χ0v) is 11.0. The van der Waals surface area contributed by atoms with Gasteiger partial charge in [0.15, 0.2) is 0 Å². The van der Waals surface area contributed by atoms with E-state index >= 15 is 0 Å². The predicted octanol–water partition coefficient (Wildman–Crippen LogP) is 3.47. The van der Waals surface area contributed by atoms with Crippen molar-refractivity contribution in [3.8, 4) is 11.4 Å². The predicted molar refractivity (Wildman–Crippen MR) is 69.7 cm³/mol. The van der Waals surface area contributed by atoms with Gasteiger partial charge in [-0.1, -0.05) is 28.4 Å². The van der Waals surface area contributed by atoms with E-state index in [4.69, 9.17) is 27.7 Å². The Morgan fingerprint density at radius 1 is 1.22 bits per heavy atom. The molecule has 3 rings (SSSR count). The Kier molecular flexibility index (Phi) is 3.24. The van der Waals surface area contributed by atoms with Crippen LogP contribution in [0.3, 0.4) is 0 Å². The van der Waals surface area contributed by atoms with E-state index in [1.165, 1.54) is 0 Å². The molecule has 1 aromatic heterocycles. The Bertz CT molecular complexity index is 544. The lowest BCUT2D eigenvalue weighted by Gasteiger charge is -2.01. The molecule has 0 spiro atoms. The summed E-state index contributed by atoms with van der Waals surface area (Å²) in [6, 6.07) is 5.38. The number of nitrogens with zero attached hydrogens (tertiary/aromatic N) is 2. The summed E-state index contributed by atoms with van der Waals surface area (Å²) in [4.78, 5) is 4.39. The molecule has 4 nitrogen and oxygen atoms in total. The summed E-state index contributed by atoms with van der Waals surface area (Å²) in [6.45, 7) is 0.991. The highest BCUT2D eigenvalue weighted by molar-refractivity contribution is 6.35. The summed E-state index contributed by atoms with van der Waals surface area (Å²) in [5, 5.41) is 8.40. The summed E-state index contributed by atoms with van der Waals surface area (Å²) >= 11 is 11.9. The molecule has 1 aliphatic rings. The number of benzene rings is 1. The van der Waals surface area contributed by atoms with E-state index in [1.54, 1.807) is 18.2 Å². The summed E-state index contributed by atoms with van der Waals surface area (Å²) < 4.78 is 5.27. The van der Waals surface area contributed by atoms with E-state index in [0.29, 0.717) is 21.8 Å². The molecule has 1 unspecified atom stereocenters. The van der Waals surface area contributed by atoms with Crippen LogP contribution in [-0.2, 0) is 0 Å². The molecule has 2 heterocycles. The molecule has 0 bridgehead atoms. The van der Waals surface area contributed by atoms with Crippen molar-refractivity contribution in [1.29, 1.82) is 0 Å². The lowest BCUT2D eigenvalue weighted by molar-refractivity contribution is 0.345. The highest BCUT2D eigenvalue weighted by atomic mass is 35.5. The van der Waals surface area contributed by atoms with Crippen LogP contribution in [-0.4, -0.2) is 16.7 Å². The van der Waals surface area contributed by atoms with E-state index in [9.17, 15) is 0 Å². The zero-order valence-electron chi connectivity index (χ0n) is 9.49. The molecule has 0 amide bonds. The maximum Gasteiger partial charge on any atom is 0.244 e. The van der Waals surface area contributed by atoms with Gasteiger partial charge in [0.05, 0.1) is 6.04 Å². The SMILES string of the molecule is Clc1cc(Cl)cc(-c2noc(C3CCCN3)n2)c1. The third kappa shape index (κ3) is 2.36. The van der Waals surface area contributed by atoms with Gasteiger partial charge in [0.25, 0.3) is 0 Å². The highest BCUT2D eigenvalue weighted by Gasteiger charge is 2.22. The minimum absolute atomic E-state index is 0.168. The van der Waals surface area contributed by atoms with Crippen molar-refractivity contribution < 1.29 is 4.52 Å². The molecule has 1 N–H and O–H groups in total. The average Bonchev–Trinajstić information content (AvgIpc) is 2.99. The third-order valence-corrected chi connectivity index (χ3v) is 3.36. The summed E-state index contributed by atoms with van der Waals surface area (Å²) in [7, 11) is 0. The van der Waals surface area contributed by atoms with Gasteiger partial charge in [-0.2, -0.15) is 4.98 Å². The van der Waals surface area contributed by atoms with Crippen LogP contribution in [0.15, 0.2) is 22.7 Å². The second kappa shape index (κ2) is 4.88. The molecular formula is C12H11Cl2N3O. The van der Waals surface area contributed by atoms with Gasteiger partial charge in [-0.25, -0.2) is 0 Å². The van der Waals surface area contributed by atoms with Gasteiger partial charge in [0, 0.05) is 15.6 Å². The van der Waals surface area contributed by atoms with Gasteiger partial charge >= 0.3 is 0 Å².